The summed E-state index contributed by atoms with van der Waals surface area (Å²) in [4.78, 5) is 24.3. The van der Waals surface area contributed by atoms with E-state index in [1.54, 1.807) is 10.8 Å². The van der Waals surface area contributed by atoms with Crippen molar-refractivity contribution in [1.29, 1.82) is 0 Å². The van der Waals surface area contributed by atoms with E-state index in [9.17, 15) is 4.79 Å². The standard InChI is InChI=1S/C25H31N5O2/c1-18-7-9-20(10-8-18)25(11-3-4-12-25)24-27-21(32-28-24)17-30-14-5-6-19(16-30)22(31)23-26-13-15-29(23)2/h7-10,13,15,19H,3-6,11-12,14,16-17H2,1-2H3. The predicted octanol–water partition coefficient (Wildman–Crippen LogP) is 4.07. The fraction of sp³-hybridized carbons (Fsp3) is 0.520. The summed E-state index contributed by atoms with van der Waals surface area (Å²) < 4.78 is 7.54. The molecule has 1 saturated heterocycles. The second-order valence-electron chi connectivity index (χ2n) is 9.47. The molecule has 0 N–H and O–H groups in total. The quantitative estimate of drug-likeness (QED) is 0.546. The van der Waals surface area contributed by atoms with Gasteiger partial charge in [0.25, 0.3) is 0 Å². The first-order valence-corrected chi connectivity index (χ1v) is 11.7. The lowest BCUT2D eigenvalue weighted by atomic mass is 9.78. The largest absolute Gasteiger partial charge is 0.338 e. The third kappa shape index (κ3) is 3.90. The Labute approximate surface area is 188 Å². The molecule has 5 rings (SSSR count). The van der Waals surface area contributed by atoms with E-state index in [2.05, 4.69) is 46.2 Å². The van der Waals surface area contributed by atoms with Crippen LogP contribution in [0.3, 0.4) is 0 Å². The average molecular weight is 434 g/mol. The molecule has 2 aromatic heterocycles. The lowest BCUT2D eigenvalue weighted by Gasteiger charge is -2.30. The molecule has 2 aliphatic rings. The van der Waals surface area contributed by atoms with Crippen molar-refractivity contribution in [2.45, 2.75) is 57.4 Å². The van der Waals surface area contributed by atoms with E-state index in [1.165, 1.54) is 24.0 Å². The van der Waals surface area contributed by atoms with Gasteiger partial charge in [-0.15, -0.1) is 0 Å². The normalized spacial score (nSPS) is 21.1. The van der Waals surface area contributed by atoms with Crippen LogP contribution in [0.15, 0.2) is 41.2 Å². The van der Waals surface area contributed by atoms with Crippen LogP contribution in [0.5, 0.6) is 0 Å². The van der Waals surface area contributed by atoms with Gasteiger partial charge in [0.1, 0.15) is 0 Å². The molecule has 1 saturated carbocycles. The smallest absolute Gasteiger partial charge is 0.240 e. The molecule has 0 radical (unpaired) electrons. The fourth-order valence-electron chi connectivity index (χ4n) is 5.40. The lowest BCUT2D eigenvalue weighted by Crippen LogP contribution is -2.39. The SMILES string of the molecule is Cc1ccc(C2(c3noc(CN4CCCC(C(=O)c5nccn5C)C4)n3)CCCC2)cc1. The van der Waals surface area contributed by atoms with Gasteiger partial charge in [-0.2, -0.15) is 4.98 Å². The first-order valence-electron chi connectivity index (χ1n) is 11.7. The number of carbonyl (C=O) groups is 1. The number of hydrogen-bond donors (Lipinski definition) is 0. The van der Waals surface area contributed by atoms with Gasteiger partial charge in [0.15, 0.2) is 11.6 Å². The van der Waals surface area contributed by atoms with E-state index < -0.39 is 0 Å². The van der Waals surface area contributed by atoms with Gasteiger partial charge >= 0.3 is 0 Å². The summed E-state index contributed by atoms with van der Waals surface area (Å²) in [7, 11) is 1.87. The maximum Gasteiger partial charge on any atom is 0.240 e. The van der Waals surface area contributed by atoms with Gasteiger partial charge < -0.3 is 9.09 Å². The van der Waals surface area contributed by atoms with Gasteiger partial charge in [0.2, 0.25) is 11.7 Å². The minimum atomic E-state index is -0.145. The number of piperidine rings is 1. The summed E-state index contributed by atoms with van der Waals surface area (Å²) >= 11 is 0. The van der Waals surface area contributed by atoms with Gasteiger partial charge in [-0.05, 0) is 44.7 Å². The van der Waals surface area contributed by atoms with E-state index in [0.29, 0.717) is 24.8 Å². The second-order valence-corrected chi connectivity index (χ2v) is 9.47. The minimum absolute atomic E-state index is 0.0408. The maximum atomic E-state index is 12.9. The number of nitrogens with zero attached hydrogens (tertiary/aromatic N) is 5. The Morgan fingerprint density at radius 3 is 2.69 bits per heavy atom. The van der Waals surface area contributed by atoms with Crippen LogP contribution < -0.4 is 0 Å². The Kier molecular flexibility index (Phi) is 5.67. The zero-order valence-corrected chi connectivity index (χ0v) is 19.0. The van der Waals surface area contributed by atoms with E-state index in [0.717, 1.165) is 38.1 Å². The van der Waals surface area contributed by atoms with Crippen molar-refractivity contribution in [3.8, 4) is 0 Å². The zero-order valence-electron chi connectivity index (χ0n) is 19.0. The molecule has 0 bridgehead atoms. The molecule has 1 unspecified atom stereocenters. The number of aryl methyl sites for hydroxylation is 2. The number of Topliss-reactive ketones (excluding diaryl/α,β-unsaturated/α-hetero) is 1. The molecule has 0 amide bonds. The molecule has 3 aromatic rings. The number of benzene rings is 1. The topological polar surface area (TPSA) is 77.0 Å². The van der Waals surface area contributed by atoms with Crippen LogP contribution in [-0.4, -0.2) is 43.5 Å². The van der Waals surface area contributed by atoms with Crippen molar-refractivity contribution >= 4 is 5.78 Å². The summed E-state index contributed by atoms with van der Waals surface area (Å²) in [5.41, 5.74) is 2.40. The van der Waals surface area contributed by atoms with Gasteiger partial charge in [-0.3, -0.25) is 9.69 Å². The maximum absolute atomic E-state index is 12.9. The molecule has 0 spiro atoms. The number of rotatable bonds is 6. The highest BCUT2D eigenvalue weighted by molar-refractivity contribution is 5.94. The number of likely N-dealkylation sites (tertiary alicyclic amines) is 1. The van der Waals surface area contributed by atoms with Crippen LogP contribution in [0.2, 0.25) is 0 Å². The van der Waals surface area contributed by atoms with E-state index in [-0.39, 0.29) is 17.1 Å². The number of imidazole rings is 1. The summed E-state index contributed by atoms with van der Waals surface area (Å²) in [5.74, 6) is 2.08. The third-order valence-electron chi connectivity index (χ3n) is 7.23. The Balaban J connectivity index is 1.31. The van der Waals surface area contributed by atoms with Crippen molar-refractivity contribution in [3.63, 3.8) is 0 Å². The van der Waals surface area contributed by atoms with E-state index in [4.69, 9.17) is 9.51 Å². The molecule has 1 atom stereocenters. The molecular formula is C25H31N5O2. The van der Waals surface area contributed by atoms with Crippen LogP contribution in [0, 0.1) is 12.8 Å². The number of aromatic nitrogens is 4. The zero-order chi connectivity index (χ0) is 22.1. The fourth-order valence-corrected chi connectivity index (χ4v) is 5.40. The summed E-state index contributed by atoms with van der Waals surface area (Å²) in [5, 5.41) is 4.45. The van der Waals surface area contributed by atoms with Crippen LogP contribution >= 0.6 is 0 Å². The van der Waals surface area contributed by atoms with Gasteiger partial charge in [-0.25, -0.2) is 4.98 Å². The van der Waals surface area contributed by atoms with Gasteiger partial charge in [0, 0.05) is 31.9 Å². The molecule has 7 nitrogen and oxygen atoms in total. The molecule has 2 fully saturated rings. The van der Waals surface area contributed by atoms with Crippen molar-refractivity contribution in [2.24, 2.45) is 13.0 Å². The summed E-state index contributed by atoms with van der Waals surface area (Å²) in [6.07, 6.45) is 9.85. The van der Waals surface area contributed by atoms with Crippen molar-refractivity contribution in [2.75, 3.05) is 13.1 Å². The van der Waals surface area contributed by atoms with Crippen molar-refractivity contribution in [1.82, 2.24) is 24.6 Å². The Morgan fingerprint density at radius 2 is 1.97 bits per heavy atom. The highest BCUT2D eigenvalue weighted by Crippen LogP contribution is 2.45. The highest BCUT2D eigenvalue weighted by Gasteiger charge is 2.41. The lowest BCUT2D eigenvalue weighted by molar-refractivity contribution is 0.0783. The number of hydrogen-bond acceptors (Lipinski definition) is 6. The molecular weight excluding hydrogens is 402 g/mol. The Morgan fingerprint density at radius 1 is 1.19 bits per heavy atom. The van der Waals surface area contributed by atoms with Crippen molar-refractivity contribution in [3.05, 3.63) is 65.3 Å². The van der Waals surface area contributed by atoms with E-state index >= 15 is 0 Å². The molecule has 3 heterocycles. The van der Waals surface area contributed by atoms with Gasteiger partial charge in [0.05, 0.1) is 12.0 Å². The predicted molar refractivity (Wildman–Crippen MR) is 120 cm³/mol. The average Bonchev–Trinajstić information content (AvgIpc) is 3.55. The molecule has 1 aliphatic carbocycles. The molecule has 1 aliphatic heterocycles. The number of ketones is 1. The van der Waals surface area contributed by atoms with Crippen molar-refractivity contribution < 1.29 is 9.32 Å². The van der Waals surface area contributed by atoms with Crippen LogP contribution in [0.1, 0.15) is 72.0 Å². The first kappa shape index (κ1) is 21.1. The van der Waals surface area contributed by atoms with Crippen LogP contribution in [0.25, 0.3) is 0 Å². The molecule has 32 heavy (non-hydrogen) atoms. The third-order valence-corrected chi connectivity index (χ3v) is 7.23. The monoisotopic (exact) mass is 433 g/mol. The summed E-state index contributed by atoms with van der Waals surface area (Å²) in [6, 6.07) is 8.77. The van der Waals surface area contributed by atoms with Crippen LogP contribution in [0.4, 0.5) is 0 Å². The first-order chi connectivity index (χ1) is 15.5. The van der Waals surface area contributed by atoms with Crippen LogP contribution in [-0.2, 0) is 19.0 Å². The Bertz CT molecular complexity index is 1080. The molecule has 168 valence electrons. The number of carbonyl (C=O) groups excluding carboxylic acids is 1. The summed E-state index contributed by atoms with van der Waals surface area (Å²) in [6.45, 7) is 4.33. The second kappa shape index (κ2) is 8.62. The Hall–Kier alpha value is -2.80. The highest BCUT2D eigenvalue weighted by atomic mass is 16.5. The minimum Gasteiger partial charge on any atom is -0.338 e. The molecule has 1 aromatic carbocycles. The molecule has 7 heteroatoms. The van der Waals surface area contributed by atoms with E-state index in [1.807, 2.05) is 13.2 Å². The van der Waals surface area contributed by atoms with Gasteiger partial charge in [-0.1, -0.05) is 47.8 Å².